The highest BCUT2D eigenvalue weighted by molar-refractivity contribution is 6.30. The molecule has 0 aliphatic carbocycles. The molecule has 2 aromatic carbocycles. The van der Waals surface area contributed by atoms with Crippen molar-refractivity contribution < 1.29 is 19.4 Å². The molecule has 0 aliphatic rings. The summed E-state index contributed by atoms with van der Waals surface area (Å²) < 4.78 is 11.2. The van der Waals surface area contributed by atoms with Gasteiger partial charge in [0.15, 0.2) is 6.10 Å². The molecule has 0 saturated carbocycles. The maximum absolute atomic E-state index is 11.3. The Hall–Kier alpha value is -2.04. The molecule has 25 heavy (non-hydrogen) atoms. The first-order valence-electron chi connectivity index (χ1n) is 8.41. The zero-order chi connectivity index (χ0) is 18.2. The van der Waals surface area contributed by atoms with Gasteiger partial charge < -0.3 is 14.6 Å². The van der Waals surface area contributed by atoms with Crippen LogP contribution in [0.1, 0.15) is 25.8 Å². The monoisotopic (exact) mass is 362 g/mol. The average molecular weight is 363 g/mol. The number of hydrogen-bond acceptors (Lipinski definition) is 3. The van der Waals surface area contributed by atoms with Crippen LogP contribution in [0.15, 0.2) is 42.5 Å². The van der Waals surface area contributed by atoms with E-state index in [4.69, 9.17) is 21.1 Å². The number of hydrogen-bond donors (Lipinski definition) is 1. The van der Waals surface area contributed by atoms with Gasteiger partial charge in [-0.3, -0.25) is 0 Å². The van der Waals surface area contributed by atoms with E-state index in [1.165, 1.54) is 0 Å². The minimum atomic E-state index is -0.936. The van der Waals surface area contributed by atoms with Crippen LogP contribution in [-0.2, 0) is 16.0 Å². The maximum atomic E-state index is 11.3. The summed E-state index contributed by atoms with van der Waals surface area (Å²) in [6.07, 6.45) is 0.153. The van der Waals surface area contributed by atoms with E-state index in [0.717, 1.165) is 22.4 Å². The van der Waals surface area contributed by atoms with Crippen LogP contribution in [-0.4, -0.2) is 30.4 Å². The summed E-state index contributed by atoms with van der Waals surface area (Å²) in [5, 5.41) is 9.92. The summed E-state index contributed by atoms with van der Waals surface area (Å²) in [5.41, 5.74) is 2.95. The highest BCUT2D eigenvalue weighted by Crippen LogP contribution is 2.34. The standard InChI is InChI=1S/C20H23ClO4/c1-3-24-18(20(22)23)13-10-15-6-5-7-17(19(15)25-4-2)14-8-11-16(21)12-9-14/h5-9,11-12,18H,3-4,10,13H2,1-2H3,(H,22,23)/t18-/m1/s1. The molecule has 0 amide bonds. The number of carboxylic acid groups (broad SMARTS) is 1. The number of benzene rings is 2. The lowest BCUT2D eigenvalue weighted by molar-refractivity contribution is -0.150. The molecule has 0 radical (unpaired) electrons. The normalized spacial score (nSPS) is 12.0. The fourth-order valence-electron chi connectivity index (χ4n) is 2.72. The van der Waals surface area contributed by atoms with Crippen LogP contribution in [0, 0.1) is 0 Å². The number of para-hydroxylation sites is 1. The van der Waals surface area contributed by atoms with Gasteiger partial charge in [0.05, 0.1) is 6.61 Å². The van der Waals surface area contributed by atoms with Gasteiger partial charge in [-0.05, 0) is 49.9 Å². The lowest BCUT2D eigenvalue weighted by Gasteiger charge is -2.17. The molecule has 0 unspecified atom stereocenters. The second-order valence-corrected chi connectivity index (χ2v) is 5.99. The van der Waals surface area contributed by atoms with Crippen molar-refractivity contribution in [2.24, 2.45) is 0 Å². The number of carbonyl (C=O) groups is 1. The summed E-state index contributed by atoms with van der Waals surface area (Å²) in [7, 11) is 0. The Kier molecular flexibility index (Phi) is 7.29. The first kappa shape index (κ1) is 19.3. The molecular weight excluding hydrogens is 340 g/mol. The molecule has 1 N–H and O–H groups in total. The fraction of sp³-hybridized carbons (Fsp3) is 0.350. The van der Waals surface area contributed by atoms with Crippen molar-refractivity contribution in [3.8, 4) is 16.9 Å². The molecule has 2 rings (SSSR count). The Bertz CT molecular complexity index is 697. The van der Waals surface area contributed by atoms with E-state index in [-0.39, 0.29) is 0 Å². The SMILES string of the molecule is CCOc1c(CC[C@@H](OCC)C(=O)O)cccc1-c1ccc(Cl)cc1. The van der Waals surface area contributed by atoms with Crippen LogP contribution in [0.2, 0.25) is 5.02 Å². The minimum Gasteiger partial charge on any atom is -0.493 e. The summed E-state index contributed by atoms with van der Waals surface area (Å²) in [6.45, 7) is 4.64. The number of ether oxygens (including phenoxy) is 2. The molecular formula is C20H23ClO4. The summed E-state index contributed by atoms with van der Waals surface area (Å²) in [5.74, 6) is -0.151. The number of carboxylic acids is 1. The van der Waals surface area contributed by atoms with E-state index in [2.05, 4.69) is 0 Å². The fourth-order valence-corrected chi connectivity index (χ4v) is 2.85. The van der Waals surface area contributed by atoms with E-state index < -0.39 is 12.1 Å². The Morgan fingerprint density at radius 2 is 1.84 bits per heavy atom. The predicted octanol–water partition coefficient (Wildman–Crippen LogP) is 4.83. The van der Waals surface area contributed by atoms with Crippen LogP contribution in [0.25, 0.3) is 11.1 Å². The van der Waals surface area contributed by atoms with E-state index in [1.807, 2.05) is 49.4 Å². The maximum Gasteiger partial charge on any atom is 0.332 e. The van der Waals surface area contributed by atoms with Crippen molar-refractivity contribution in [3.05, 3.63) is 53.1 Å². The topological polar surface area (TPSA) is 55.8 Å². The van der Waals surface area contributed by atoms with Gasteiger partial charge in [0.1, 0.15) is 5.75 Å². The van der Waals surface area contributed by atoms with Crippen molar-refractivity contribution in [1.82, 2.24) is 0 Å². The van der Waals surface area contributed by atoms with Crippen LogP contribution < -0.4 is 4.74 Å². The molecule has 2 aromatic rings. The molecule has 0 aliphatic heterocycles. The molecule has 0 saturated heterocycles. The van der Waals surface area contributed by atoms with Crippen LogP contribution in [0.5, 0.6) is 5.75 Å². The van der Waals surface area contributed by atoms with E-state index >= 15 is 0 Å². The van der Waals surface area contributed by atoms with Gasteiger partial charge in [0, 0.05) is 17.2 Å². The molecule has 134 valence electrons. The first-order valence-corrected chi connectivity index (χ1v) is 8.79. The summed E-state index contributed by atoms with van der Waals surface area (Å²) >= 11 is 5.97. The zero-order valence-corrected chi connectivity index (χ0v) is 15.3. The van der Waals surface area contributed by atoms with Crippen molar-refractivity contribution in [2.75, 3.05) is 13.2 Å². The van der Waals surface area contributed by atoms with Crippen molar-refractivity contribution in [1.29, 1.82) is 0 Å². The van der Waals surface area contributed by atoms with Crippen molar-refractivity contribution >= 4 is 17.6 Å². The number of rotatable bonds is 9. The molecule has 0 fully saturated rings. The number of aliphatic carboxylic acids is 1. The zero-order valence-electron chi connectivity index (χ0n) is 14.5. The van der Waals surface area contributed by atoms with Gasteiger partial charge in [-0.25, -0.2) is 4.79 Å². The van der Waals surface area contributed by atoms with Gasteiger partial charge in [-0.1, -0.05) is 41.9 Å². The van der Waals surface area contributed by atoms with Crippen LogP contribution in [0.4, 0.5) is 0 Å². The van der Waals surface area contributed by atoms with Crippen LogP contribution >= 0.6 is 11.6 Å². The highest BCUT2D eigenvalue weighted by atomic mass is 35.5. The lowest BCUT2D eigenvalue weighted by Crippen LogP contribution is -2.24. The van der Waals surface area contributed by atoms with Crippen molar-refractivity contribution in [2.45, 2.75) is 32.8 Å². The molecule has 0 heterocycles. The molecule has 0 bridgehead atoms. The molecule has 0 spiro atoms. The average Bonchev–Trinajstić information content (AvgIpc) is 2.60. The molecule has 0 aromatic heterocycles. The largest absolute Gasteiger partial charge is 0.493 e. The van der Waals surface area contributed by atoms with E-state index in [9.17, 15) is 9.90 Å². The second kappa shape index (κ2) is 9.44. The molecule has 1 atom stereocenters. The quantitative estimate of drug-likeness (QED) is 0.694. The van der Waals surface area contributed by atoms with Gasteiger partial charge in [0.2, 0.25) is 0 Å². The summed E-state index contributed by atoms with van der Waals surface area (Å²) in [4.78, 5) is 11.3. The van der Waals surface area contributed by atoms with Gasteiger partial charge in [-0.2, -0.15) is 0 Å². The highest BCUT2D eigenvalue weighted by Gasteiger charge is 2.19. The lowest BCUT2D eigenvalue weighted by atomic mass is 9.98. The van der Waals surface area contributed by atoms with Crippen LogP contribution in [0.3, 0.4) is 0 Å². The van der Waals surface area contributed by atoms with Gasteiger partial charge >= 0.3 is 5.97 Å². The Balaban J connectivity index is 2.30. The van der Waals surface area contributed by atoms with E-state index in [1.54, 1.807) is 6.92 Å². The van der Waals surface area contributed by atoms with Gasteiger partial charge in [-0.15, -0.1) is 0 Å². The van der Waals surface area contributed by atoms with Gasteiger partial charge in [0.25, 0.3) is 0 Å². The molecule has 5 heteroatoms. The third-order valence-electron chi connectivity index (χ3n) is 3.86. The smallest absolute Gasteiger partial charge is 0.332 e. The second-order valence-electron chi connectivity index (χ2n) is 5.55. The molecule has 4 nitrogen and oxygen atoms in total. The summed E-state index contributed by atoms with van der Waals surface area (Å²) in [6, 6.07) is 13.5. The third kappa shape index (κ3) is 5.21. The Morgan fingerprint density at radius 1 is 1.12 bits per heavy atom. The number of halogens is 1. The number of aryl methyl sites for hydroxylation is 1. The first-order chi connectivity index (χ1) is 12.1. The minimum absolute atomic E-state index is 0.375. The van der Waals surface area contributed by atoms with Crippen molar-refractivity contribution in [3.63, 3.8) is 0 Å². The Morgan fingerprint density at radius 3 is 2.44 bits per heavy atom. The van der Waals surface area contributed by atoms with E-state index in [0.29, 0.717) is 31.1 Å². The third-order valence-corrected chi connectivity index (χ3v) is 4.11. The Labute approximate surface area is 153 Å². The predicted molar refractivity (Wildman–Crippen MR) is 99.4 cm³/mol.